The average molecular weight is 289 g/mol. The molecule has 2 rings (SSSR count). The van der Waals surface area contributed by atoms with Crippen LogP contribution in [-0.4, -0.2) is 23.0 Å². The van der Waals surface area contributed by atoms with E-state index in [2.05, 4.69) is 17.4 Å². The number of carboxylic acid groups (broad SMARTS) is 1. The van der Waals surface area contributed by atoms with E-state index in [4.69, 9.17) is 5.11 Å². The Morgan fingerprint density at radius 1 is 1.24 bits per heavy atom. The van der Waals surface area contributed by atoms with Crippen molar-refractivity contribution in [2.75, 3.05) is 0 Å². The van der Waals surface area contributed by atoms with Gasteiger partial charge in [0.1, 0.15) is 0 Å². The first-order chi connectivity index (χ1) is 9.84. The molecule has 0 saturated heterocycles. The lowest BCUT2D eigenvalue weighted by molar-refractivity contribution is -0.140. The Bertz CT molecular complexity index is 524. The Morgan fingerprint density at radius 2 is 1.86 bits per heavy atom. The predicted octanol–water partition coefficient (Wildman–Crippen LogP) is 2.48. The maximum atomic E-state index is 12.2. The minimum atomic E-state index is -0.878. The highest BCUT2D eigenvalue weighted by Crippen LogP contribution is 2.58. The van der Waals surface area contributed by atoms with Crippen LogP contribution in [-0.2, 0) is 16.0 Å². The summed E-state index contributed by atoms with van der Waals surface area (Å²) < 4.78 is 0. The molecule has 1 saturated carbocycles. The smallest absolute Gasteiger partial charge is 0.307 e. The van der Waals surface area contributed by atoms with Crippen molar-refractivity contribution in [3.63, 3.8) is 0 Å². The number of aryl methyl sites for hydroxylation is 1. The van der Waals surface area contributed by atoms with Gasteiger partial charge in [0.15, 0.2) is 0 Å². The van der Waals surface area contributed by atoms with Gasteiger partial charge in [0.05, 0.1) is 11.8 Å². The van der Waals surface area contributed by atoms with Gasteiger partial charge in [0.25, 0.3) is 0 Å². The zero-order valence-corrected chi connectivity index (χ0v) is 12.8. The van der Waals surface area contributed by atoms with Gasteiger partial charge in [-0.25, -0.2) is 0 Å². The van der Waals surface area contributed by atoms with E-state index in [1.54, 1.807) is 0 Å². The summed E-state index contributed by atoms with van der Waals surface area (Å²) in [6, 6.07) is 10.2. The van der Waals surface area contributed by atoms with E-state index in [-0.39, 0.29) is 11.9 Å². The topological polar surface area (TPSA) is 66.4 Å². The molecular formula is C17H23NO3. The third kappa shape index (κ3) is 3.43. The lowest BCUT2D eigenvalue weighted by Crippen LogP contribution is -2.35. The standard InChI is InChI=1S/C17H23NO3/c1-11(9-10-12-7-5-4-6-8-12)18-15(19)13-14(16(20)21)17(13,2)3/h4-8,11,13-14H,9-10H2,1-3H3,(H,18,19)(H,20,21). The lowest BCUT2D eigenvalue weighted by Gasteiger charge is -2.14. The molecule has 1 aliphatic carbocycles. The second-order valence-corrected chi connectivity index (χ2v) is 6.55. The summed E-state index contributed by atoms with van der Waals surface area (Å²) in [5.41, 5.74) is 0.809. The molecule has 0 bridgehead atoms. The molecule has 1 amide bonds. The first-order valence-corrected chi connectivity index (χ1v) is 7.41. The lowest BCUT2D eigenvalue weighted by atomic mass is 10.1. The van der Waals surface area contributed by atoms with Crippen molar-refractivity contribution in [1.82, 2.24) is 5.32 Å². The van der Waals surface area contributed by atoms with Gasteiger partial charge in [-0.3, -0.25) is 9.59 Å². The maximum Gasteiger partial charge on any atom is 0.307 e. The fraction of sp³-hybridized carbons (Fsp3) is 0.529. The number of carboxylic acids is 1. The molecule has 2 N–H and O–H groups in total. The van der Waals surface area contributed by atoms with Gasteiger partial charge in [-0.15, -0.1) is 0 Å². The summed E-state index contributed by atoms with van der Waals surface area (Å²) >= 11 is 0. The quantitative estimate of drug-likeness (QED) is 0.845. The fourth-order valence-electron chi connectivity index (χ4n) is 3.02. The molecule has 3 unspecified atom stereocenters. The normalized spacial score (nSPS) is 24.1. The average Bonchev–Trinajstić information content (AvgIpc) is 3.01. The molecular weight excluding hydrogens is 266 g/mol. The summed E-state index contributed by atoms with van der Waals surface area (Å²) in [5.74, 6) is -1.97. The molecule has 1 aromatic rings. The van der Waals surface area contributed by atoms with Crippen LogP contribution >= 0.6 is 0 Å². The van der Waals surface area contributed by atoms with E-state index in [1.807, 2.05) is 39.0 Å². The number of hydrogen-bond acceptors (Lipinski definition) is 2. The fourth-order valence-corrected chi connectivity index (χ4v) is 3.02. The first kappa shape index (κ1) is 15.5. The number of nitrogens with one attached hydrogen (secondary N) is 1. The van der Waals surface area contributed by atoms with E-state index < -0.39 is 23.2 Å². The minimum absolute atomic E-state index is 0.0450. The van der Waals surface area contributed by atoms with Gasteiger partial charge < -0.3 is 10.4 Å². The molecule has 1 aliphatic rings. The van der Waals surface area contributed by atoms with Crippen LogP contribution in [0.5, 0.6) is 0 Å². The van der Waals surface area contributed by atoms with Crippen LogP contribution in [0.3, 0.4) is 0 Å². The van der Waals surface area contributed by atoms with Crippen molar-refractivity contribution < 1.29 is 14.7 Å². The molecule has 0 spiro atoms. The van der Waals surface area contributed by atoms with E-state index in [0.717, 1.165) is 12.8 Å². The van der Waals surface area contributed by atoms with Crippen LogP contribution in [0.15, 0.2) is 30.3 Å². The molecule has 0 aliphatic heterocycles. The summed E-state index contributed by atoms with van der Waals surface area (Å²) in [4.78, 5) is 23.3. The monoisotopic (exact) mass is 289 g/mol. The van der Waals surface area contributed by atoms with Gasteiger partial charge in [-0.2, -0.15) is 0 Å². The molecule has 4 heteroatoms. The highest BCUT2D eigenvalue weighted by Gasteiger charge is 2.65. The Hall–Kier alpha value is -1.84. The first-order valence-electron chi connectivity index (χ1n) is 7.41. The van der Waals surface area contributed by atoms with Gasteiger partial charge in [-0.1, -0.05) is 44.2 Å². The van der Waals surface area contributed by atoms with Crippen LogP contribution in [0.25, 0.3) is 0 Å². The second-order valence-electron chi connectivity index (χ2n) is 6.55. The summed E-state index contributed by atoms with van der Waals surface area (Å²) in [7, 11) is 0. The molecule has 0 aromatic heterocycles. The molecule has 21 heavy (non-hydrogen) atoms. The van der Waals surface area contributed by atoms with Crippen LogP contribution in [0.4, 0.5) is 0 Å². The van der Waals surface area contributed by atoms with Gasteiger partial charge in [0.2, 0.25) is 5.91 Å². The van der Waals surface area contributed by atoms with Crippen molar-refractivity contribution in [1.29, 1.82) is 0 Å². The maximum absolute atomic E-state index is 12.2. The van der Waals surface area contributed by atoms with Crippen molar-refractivity contribution in [2.24, 2.45) is 17.3 Å². The van der Waals surface area contributed by atoms with Crippen LogP contribution in [0.1, 0.15) is 32.8 Å². The molecule has 3 atom stereocenters. The van der Waals surface area contributed by atoms with Crippen LogP contribution < -0.4 is 5.32 Å². The highest BCUT2D eigenvalue weighted by atomic mass is 16.4. The van der Waals surface area contributed by atoms with E-state index in [0.29, 0.717) is 0 Å². The minimum Gasteiger partial charge on any atom is -0.481 e. The van der Waals surface area contributed by atoms with Crippen molar-refractivity contribution in [3.05, 3.63) is 35.9 Å². The molecule has 4 nitrogen and oxygen atoms in total. The number of benzene rings is 1. The van der Waals surface area contributed by atoms with Crippen molar-refractivity contribution in [3.8, 4) is 0 Å². The van der Waals surface area contributed by atoms with Crippen LogP contribution in [0.2, 0.25) is 0 Å². The van der Waals surface area contributed by atoms with Gasteiger partial charge in [0, 0.05) is 6.04 Å². The zero-order chi connectivity index (χ0) is 15.6. The number of hydrogen-bond donors (Lipinski definition) is 2. The number of rotatable bonds is 6. The van der Waals surface area contributed by atoms with Crippen LogP contribution in [0, 0.1) is 17.3 Å². The Kier molecular flexibility index (Phi) is 4.35. The SMILES string of the molecule is CC(CCc1ccccc1)NC(=O)C1C(C(=O)O)C1(C)C. The number of amides is 1. The number of carbonyl (C=O) groups excluding carboxylic acids is 1. The third-order valence-corrected chi connectivity index (χ3v) is 4.47. The molecule has 1 aromatic carbocycles. The largest absolute Gasteiger partial charge is 0.481 e. The molecule has 1 fully saturated rings. The van der Waals surface area contributed by atoms with Crippen molar-refractivity contribution >= 4 is 11.9 Å². The van der Waals surface area contributed by atoms with E-state index in [1.165, 1.54) is 5.56 Å². The summed E-state index contributed by atoms with van der Waals surface area (Å²) in [6.45, 7) is 5.64. The van der Waals surface area contributed by atoms with Crippen molar-refractivity contribution in [2.45, 2.75) is 39.7 Å². The summed E-state index contributed by atoms with van der Waals surface area (Å²) in [6.07, 6.45) is 1.75. The Balaban J connectivity index is 1.82. The number of aliphatic carboxylic acids is 1. The second kappa shape index (κ2) is 5.88. The predicted molar refractivity (Wildman–Crippen MR) is 80.8 cm³/mol. The van der Waals surface area contributed by atoms with Gasteiger partial charge >= 0.3 is 5.97 Å². The van der Waals surface area contributed by atoms with E-state index in [9.17, 15) is 9.59 Å². The zero-order valence-electron chi connectivity index (χ0n) is 12.8. The molecule has 0 radical (unpaired) electrons. The Labute approximate surface area is 125 Å². The highest BCUT2D eigenvalue weighted by molar-refractivity contribution is 5.91. The molecule has 114 valence electrons. The van der Waals surface area contributed by atoms with E-state index >= 15 is 0 Å². The molecule has 0 heterocycles. The Morgan fingerprint density at radius 3 is 2.38 bits per heavy atom. The van der Waals surface area contributed by atoms with Gasteiger partial charge in [-0.05, 0) is 30.7 Å². The number of carbonyl (C=O) groups is 2. The third-order valence-electron chi connectivity index (χ3n) is 4.47. The summed E-state index contributed by atoms with van der Waals surface area (Å²) in [5, 5.41) is 12.1.